The number of amides is 2. The molecule has 0 saturated carbocycles. The van der Waals surface area contributed by atoms with Gasteiger partial charge in [0, 0.05) is 18.7 Å². The summed E-state index contributed by atoms with van der Waals surface area (Å²) in [7, 11) is 0. The monoisotopic (exact) mass is 396 g/mol. The Kier molecular flexibility index (Phi) is 4.56. The molecule has 0 fully saturated rings. The Bertz CT molecular complexity index is 1230. The number of rotatable bonds is 3. The molecular weight excluding hydrogens is 376 g/mol. The van der Waals surface area contributed by atoms with E-state index in [4.69, 9.17) is 4.42 Å². The van der Waals surface area contributed by atoms with E-state index in [2.05, 4.69) is 5.32 Å². The summed E-state index contributed by atoms with van der Waals surface area (Å²) >= 11 is 0. The normalized spacial score (nSPS) is 15.6. The molecule has 5 heteroatoms. The van der Waals surface area contributed by atoms with Gasteiger partial charge in [-0.25, -0.2) is 0 Å². The van der Waals surface area contributed by atoms with Gasteiger partial charge in [0.05, 0.1) is 6.26 Å². The Morgan fingerprint density at radius 1 is 0.867 bits per heavy atom. The molecule has 30 heavy (non-hydrogen) atoms. The van der Waals surface area contributed by atoms with Gasteiger partial charge < -0.3 is 14.6 Å². The van der Waals surface area contributed by atoms with Crippen LogP contribution in [0.2, 0.25) is 0 Å². The van der Waals surface area contributed by atoms with Gasteiger partial charge in [0.25, 0.3) is 5.91 Å². The van der Waals surface area contributed by atoms with E-state index in [1.807, 2.05) is 66.7 Å². The van der Waals surface area contributed by atoms with Gasteiger partial charge in [-0.05, 0) is 46.2 Å². The van der Waals surface area contributed by atoms with E-state index in [9.17, 15) is 9.59 Å². The molecule has 1 aliphatic rings. The quantitative estimate of drug-likeness (QED) is 0.549. The summed E-state index contributed by atoms with van der Waals surface area (Å²) in [4.78, 5) is 27.9. The molecule has 0 aliphatic carbocycles. The van der Waals surface area contributed by atoms with Gasteiger partial charge in [-0.15, -0.1) is 0 Å². The summed E-state index contributed by atoms with van der Waals surface area (Å²) in [6, 6.07) is 24.4. The number of furan rings is 1. The first-order valence-corrected chi connectivity index (χ1v) is 9.90. The van der Waals surface area contributed by atoms with Crippen molar-refractivity contribution in [3.63, 3.8) is 0 Å². The number of nitrogens with one attached hydrogen (secondary N) is 1. The molecule has 1 aromatic heterocycles. The summed E-state index contributed by atoms with van der Waals surface area (Å²) in [5, 5.41) is 5.16. The number of hydrogen-bond acceptors (Lipinski definition) is 3. The Morgan fingerprint density at radius 2 is 1.63 bits per heavy atom. The van der Waals surface area contributed by atoms with E-state index < -0.39 is 6.04 Å². The van der Waals surface area contributed by atoms with Crippen LogP contribution in [0.5, 0.6) is 0 Å². The van der Waals surface area contributed by atoms with E-state index in [1.165, 1.54) is 6.26 Å². The highest BCUT2D eigenvalue weighted by molar-refractivity contribution is 6.01. The summed E-state index contributed by atoms with van der Waals surface area (Å²) < 4.78 is 5.31. The van der Waals surface area contributed by atoms with Crippen LogP contribution in [0.4, 0.5) is 5.69 Å². The van der Waals surface area contributed by atoms with E-state index in [-0.39, 0.29) is 17.6 Å². The molecule has 0 saturated heterocycles. The molecule has 1 atom stereocenters. The number of carbonyl (C=O) groups excluding carboxylic acids is 2. The Labute approximate surface area is 173 Å². The smallest absolute Gasteiger partial charge is 0.290 e. The van der Waals surface area contributed by atoms with Crippen LogP contribution in [0, 0.1) is 0 Å². The van der Waals surface area contributed by atoms with Crippen LogP contribution in [0.25, 0.3) is 10.8 Å². The second-order valence-electron chi connectivity index (χ2n) is 7.45. The Hall–Kier alpha value is -3.86. The lowest BCUT2D eigenvalue weighted by Gasteiger charge is -2.35. The predicted octanol–water partition coefficient (Wildman–Crippen LogP) is 4.64. The van der Waals surface area contributed by atoms with Crippen molar-refractivity contribution >= 4 is 28.3 Å². The predicted molar refractivity (Wildman–Crippen MR) is 115 cm³/mol. The van der Waals surface area contributed by atoms with Crippen LogP contribution < -0.4 is 5.32 Å². The van der Waals surface area contributed by atoms with Gasteiger partial charge in [0.15, 0.2) is 5.76 Å². The summed E-state index contributed by atoms with van der Waals surface area (Å²) in [5.41, 5.74) is 2.84. The highest BCUT2D eigenvalue weighted by atomic mass is 16.3. The molecular formula is C25H20N2O3. The second kappa shape index (κ2) is 7.52. The van der Waals surface area contributed by atoms with E-state index >= 15 is 0 Å². The Balaban J connectivity index is 1.45. The van der Waals surface area contributed by atoms with Crippen molar-refractivity contribution in [1.29, 1.82) is 0 Å². The highest BCUT2D eigenvalue weighted by Gasteiger charge is 2.36. The molecule has 1 N–H and O–H groups in total. The molecule has 2 amide bonds. The van der Waals surface area contributed by atoms with Crippen molar-refractivity contribution in [1.82, 2.24) is 4.90 Å². The minimum absolute atomic E-state index is 0.209. The molecule has 0 bridgehead atoms. The van der Waals surface area contributed by atoms with Gasteiger partial charge in [-0.1, -0.05) is 54.6 Å². The van der Waals surface area contributed by atoms with E-state index in [1.54, 1.807) is 17.0 Å². The van der Waals surface area contributed by atoms with Crippen molar-refractivity contribution in [2.45, 2.75) is 19.0 Å². The zero-order chi connectivity index (χ0) is 20.5. The number of benzene rings is 3. The third kappa shape index (κ3) is 3.35. The minimum atomic E-state index is -0.621. The topological polar surface area (TPSA) is 62.6 Å². The second-order valence-corrected chi connectivity index (χ2v) is 7.45. The molecule has 2 heterocycles. The fourth-order valence-electron chi connectivity index (χ4n) is 4.01. The first-order chi connectivity index (χ1) is 14.7. The first kappa shape index (κ1) is 18.2. The van der Waals surface area contributed by atoms with Crippen LogP contribution in [-0.2, 0) is 17.8 Å². The van der Waals surface area contributed by atoms with Gasteiger partial charge in [0.1, 0.15) is 6.04 Å². The van der Waals surface area contributed by atoms with E-state index in [0.29, 0.717) is 18.7 Å². The number of hydrogen-bond donors (Lipinski definition) is 1. The number of nitrogens with zero attached hydrogens (tertiary/aromatic N) is 1. The number of fused-ring (bicyclic) bond motifs is 2. The first-order valence-electron chi connectivity index (χ1n) is 9.90. The zero-order valence-electron chi connectivity index (χ0n) is 16.2. The largest absolute Gasteiger partial charge is 0.459 e. The van der Waals surface area contributed by atoms with Crippen LogP contribution in [0.15, 0.2) is 89.5 Å². The standard InChI is InChI=1S/C25H20N2O3/c28-24(26-21-12-11-17-6-1-2-7-18(17)14-21)22-15-19-8-3-4-9-20(19)16-27(22)25(29)23-10-5-13-30-23/h1-14,22H,15-16H2,(H,26,28)/t22-/m0/s1. The van der Waals surface area contributed by atoms with Gasteiger partial charge in [-0.2, -0.15) is 0 Å². The van der Waals surface area contributed by atoms with Crippen molar-refractivity contribution in [3.05, 3.63) is 102 Å². The lowest BCUT2D eigenvalue weighted by Crippen LogP contribution is -2.50. The molecule has 4 aromatic rings. The highest BCUT2D eigenvalue weighted by Crippen LogP contribution is 2.27. The SMILES string of the molecule is O=C(Nc1ccc2ccccc2c1)[C@@H]1Cc2ccccc2CN1C(=O)c1ccco1. The molecule has 148 valence electrons. The van der Waals surface area contributed by atoms with Gasteiger partial charge in [0.2, 0.25) is 5.91 Å². The average Bonchev–Trinajstić information content (AvgIpc) is 3.32. The lowest BCUT2D eigenvalue weighted by atomic mass is 9.93. The molecule has 0 radical (unpaired) electrons. The van der Waals surface area contributed by atoms with Gasteiger partial charge >= 0.3 is 0 Å². The van der Waals surface area contributed by atoms with Crippen LogP contribution in [0.3, 0.4) is 0 Å². The maximum atomic E-state index is 13.3. The summed E-state index contributed by atoms with van der Waals surface area (Å²) in [6.45, 7) is 0.367. The fourth-order valence-corrected chi connectivity index (χ4v) is 4.01. The number of anilines is 1. The zero-order valence-corrected chi connectivity index (χ0v) is 16.2. The third-order valence-corrected chi connectivity index (χ3v) is 5.56. The molecule has 0 unspecified atom stereocenters. The van der Waals surface area contributed by atoms with E-state index in [0.717, 1.165) is 21.9 Å². The van der Waals surface area contributed by atoms with Crippen molar-refractivity contribution in [2.24, 2.45) is 0 Å². The van der Waals surface area contributed by atoms with Crippen LogP contribution in [0.1, 0.15) is 21.7 Å². The number of carbonyl (C=O) groups is 2. The molecule has 5 nitrogen and oxygen atoms in total. The lowest BCUT2D eigenvalue weighted by molar-refractivity contribution is -0.121. The van der Waals surface area contributed by atoms with Crippen LogP contribution in [-0.4, -0.2) is 22.8 Å². The van der Waals surface area contributed by atoms with Crippen molar-refractivity contribution in [2.75, 3.05) is 5.32 Å². The molecule has 0 spiro atoms. The minimum Gasteiger partial charge on any atom is -0.459 e. The molecule has 1 aliphatic heterocycles. The maximum Gasteiger partial charge on any atom is 0.290 e. The fraction of sp³-hybridized carbons (Fsp3) is 0.120. The van der Waals surface area contributed by atoms with Crippen molar-refractivity contribution in [3.8, 4) is 0 Å². The molecule has 3 aromatic carbocycles. The summed E-state index contributed by atoms with van der Waals surface area (Å²) in [5.74, 6) is -0.259. The Morgan fingerprint density at radius 3 is 2.43 bits per heavy atom. The van der Waals surface area contributed by atoms with Crippen molar-refractivity contribution < 1.29 is 14.0 Å². The average molecular weight is 396 g/mol. The maximum absolute atomic E-state index is 13.3. The van der Waals surface area contributed by atoms with Gasteiger partial charge in [-0.3, -0.25) is 9.59 Å². The molecule has 5 rings (SSSR count). The van der Waals surface area contributed by atoms with Crippen LogP contribution >= 0.6 is 0 Å². The third-order valence-electron chi connectivity index (χ3n) is 5.56. The summed E-state index contributed by atoms with van der Waals surface area (Å²) in [6.07, 6.45) is 1.93.